The molecule has 3 aliphatic carbocycles. The number of fused-ring (bicyclic) bond motifs is 6. The van der Waals surface area contributed by atoms with Crippen LogP contribution in [0.1, 0.15) is 84.7 Å². The smallest absolute Gasteiger partial charge is 0.0714 e. The standard InChI is InChI=1S/C63H53N/c1-42(2)55-23-14-24-59-62(55)56-36-35-54(41-60(56)63(59,51-19-8-4-9-20-51)52-21-10-5-11-22-52)64(61-40-49-18-13-12-17-48(49)39-58(61)46-15-6-3-7-16-46)53-33-31-45(32-34-53)44-27-29-47(30-28-44)57-38-43-25-26-50(57)37-43/h3-24,27-36,39-43,50,57H,25-26,37-38H2,1-2H3. The number of benzene rings is 9. The van der Waals surface area contributed by atoms with Crippen LogP contribution in [-0.4, -0.2) is 0 Å². The highest BCUT2D eigenvalue weighted by Gasteiger charge is 2.47. The van der Waals surface area contributed by atoms with Crippen LogP contribution < -0.4 is 4.90 Å². The van der Waals surface area contributed by atoms with E-state index in [9.17, 15) is 0 Å². The highest BCUT2D eigenvalue weighted by molar-refractivity contribution is 5.99. The Morgan fingerprint density at radius 1 is 0.469 bits per heavy atom. The SMILES string of the molecule is CC(C)c1cccc2c1-c1ccc(N(c3ccc(-c4ccc(C5CC6CCC5C6)cc4)cc3)c3cc4ccccc4cc3-c3ccccc3)cc1C2(c1ccccc1)c1ccccc1. The van der Waals surface area contributed by atoms with Crippen molar-refractivity contribution >= 4 is 27.8 Å². The van der Waals surface area contributed by atoms with Crippen molar-refractivity contribution in [3.05, 3.63) is 246 Å². The van der Waals surface area contributed by atoms with Gasteiger partial charge in [0.2, 0.25) is 0 Å². The summed E-state index contributed by atoms with van der Waals surface area (Å²) < 4.78 is 0. The van der Waals surface area contributed by atoms with Crippen LogP contribution in [0.5, 0.6) is 0 Å². The molecule has 0 spiro atoms. The van der Waals surface area contributed by atoms with Crippen LogP contribution >= 0.6 is 0 Å². The molecule has 0 amide bonds. The van der Waals surface area contributed by atoms with Crippen molar-refractivity contribution < 1.29 is 0 Å². The summed E-state index contributed by atoms with van der Waals surface area (Å²) in [4.78, 5) is 2.52. The second-order valence-corrected chi connectivity index (χ2v) is 19.0. The van der Waals surface area contributed by atoms with Crippen LogP contribution in [0.2, 0.25) is 0 Å². The molecule has 0 N–H and O–H groups in total. The number of nitrogens with zero attached hydrogens (tertiary/aromatic N) is 1. The van der Waals surface area contributed by atoms with Gasteiger partial charge in [-0.3, -0.25) is 0 Å². The average Bonchev–Trinajstić information content (AvgIpc) is 4.08. The van der Waals surface area contributed by atoms with Crippen molar-refractivity contribution in [3.8, 4) is 33.4 Å². The molecule has 310 valence electrons. The van der Waals surface area contributed by atoms with E-state index in [-0.39, 0.29) is 0 Å². The van der Waals surface area contributed by atoms with Gasteiger partial charge in [-0.1, -0.05) is 196 Å². The lowest BCUT2D eigenvalue weighted by Crippen LogP contribution is -2.28. The first-order chi connectivity index (χ1) is 31.5. The second kappa shape index (κ2) is 15.7. The van der Waals surface area contributed by atoms with Gasteiger partial charge in [0, 0.05) is 16.9 Å². The van der Waals surface area contributed by atoms with E-state index in [0.717, 1.165) is 34.8 Å². The van der Waals surface area contributed by atoms with Crippen molar-refractivity contribution in [3.63, 3.8) is 0 Å². The number of hydrogen-bond acceptors (Lipinski definition) is 1. The lowest BCUT2D eigenvalue weighted by Gasteiger charge is -2.35. The van der Waals surface area contributed by atoms with Gasteiger partial charge >= 0.3 is 0 Å². The first-order valence-electron chi connectivity index (χ1n) is 23.5. The summed E-state index contributed by atoms with van der Waals surface area (Å²) in [6.45, 7) is 4.66. The summed E-state index contributed by atoms with van der Waals surface area (Å²) in [6.07, 6.45) is 5.66. The Hall–Kier alpha value is -6.96. The normalized spacial score (nSPS) is 18.0. The topological polar surface area (TPSA) is 3.24 Å². The molecule has 2 fully saturated rings. The molecule has 2 saturated carbocycles. The van der Waals surface area contributed by atoms with Crippen LogP contribution in [0.3, 0.4) is 0 Å². The van der Waals surface area contributed by atoms with Gasteiger partial charge in [0.1, 0.15) is 0 Å². The Balaban J connectivity index is 1.07. The minimum atomic E-state index is -0.528. The van der Waals surface area contributed by atoms with Crippen LogP contribution in [0.25, 0.3) is 44.2 Å². The Kier molecular flexibility index (Phi) is 9.48. The first-order valence-corrected chi connectivity index (χ1v) is 23.5. The predicted molar refractivity (Wildman–Crippen MR) is 269 cm³/mol. The maximum Gasteiger partial charge on any atom is 0.0714 e. The van der Waals surface area contributed by atoms with Crippen molar-refractivity contribution in [2.24, 2.45) is 11.8 Å². The first kappa shape index (κ1) is 38.7. The van der Waals surface area contributed by atoms with Gasteiger partial charge in [0.15, 0.2) is 0 Å². The number of hydrogen-bond donors (Lipinski definition) is 0. The van der Waals surface area contributed by atoms with Crippen LogP contribution in [0.15, 0.2) is 212 Å². The third-order valence-corrected chi connectivity index (χ3v) is 15.2. The average molecular weight is 824 g/mol. The lowest BCUT2D eigenvalue weighted by atomic mass is 9.67. The summed E-state index contributed by atoms with van der Waals surface area (Å²) in [6, 6.07) is 80.1. The van der Waals surface area contributed by atoms with Gasteiger partial charge in [-0.15, -0.1) is 0 Å². The van der Waals surface area contributed by atoms with Crippen molar-refractivity contribution in [2.45, 2.75) is 56.8 Å². The predicted octanol–water partition coefficient (Wildman–Crippen LogP) is 17.0. The minimum absolute atomic E-state index is 0.361. The van der Waals surface area contributed by atoms with Crippen molar-refractivity contribution in [2.75, 3.05) is 4.90 Å². The zero-order valence-electron chi connectivity index (χ0n) is 36.8. The van der Waals surface area contributed by atoms with E-state index in [1.54, 1.807) is 0 Å². The molecule has 0 heterocycles. The van der Waals surface area contributed by atoms with E-state index in [1.807, 2.05) is 0 Å². The van der Waals surface area contributed by atoms with Crippen molar-refractivity contribution in [1.29, 1.82) is 0 Å². The number of anilines is 3. The van der Waals surface area contributed by atoms with E-state index in [4.69, 9.17) is 0 Å². The Bertz CT molecular complexity index is 3090. The second-order valence-electron chi connectivity index (χ2n) is 19.0. The van der Waals surface area contributed by atoms with E-state index in [2.05, 4.69) is 231 Å². The van der Waals surface area contributed by atoms with Crippen LogP contribution in [0, 0.1) is 11.8 Å². The molecule has 3 aliphatic rings. The van der Waals surface area contributed by atoms with E-state index in [0.29, 0.717) is 5.92 Å². The quantitative estimate of drug-likeness (QED) is 0.140. The van der Waals surface area contributed by atoms with Gasteiger partial charge in [0.05, 0.1) is 11.1 Å². The molecule has 0 aromatic heterocycles. The van der Waals surface area contributed by atoms with E-state index < -0.39 is 5.41 Å². The fourth-order valence-corrected chi connectivity index (χ4v) is 12.2. The molecule has 0 saturated heterocycles. The van der Waals surface area contributed by atoms with Gasteiger partial charge in [-0.2, -0.15) is 0 Å². The van der Waals surface area contributed by atoms with Gasteiger partial charge in [-0.25, -0.2) is 0 Å². The highest BCUT2D eigenvalue weighted by Crippen LogP contribution is 2.59. The van der Waals surface area contributed by atoms with E-state index in [1.165, 1.54) is 103 Å². The molecule has 2 bridgehead atoms. The molecule has 12 rings (SSSR count). The third kappa shape index (κ3) is 6.28. The third-order valence-electron chi connectivity index (χ3n) is 15.2. The highest BCUT2D eigenvalue weighted by atomic mass is 15.1. The molecule has 3 unspecified atom stereocenters. The van der Waals surface area contributed by atoms with Crippen molar-refractivity contribution in [1.82, 2.24) is 0 Å². The van der Waals surface area contributed by atoms with E-state index >= 15 is 0 Å². The zero-order chi connectivity index (χ0) is 42.8. The molecule has 64 heavy (non-hydrogen) atoms. The number of rotatable bonds is 9. The maximum atomic E-state index is 2.52. The van der Waals surface area contributed by atoms with Crippen LogP contribution in [-0.2, 0) is 5.41 Å². The Labute approximate surface area is 378 Å². The molecular formula is C63H53N. The molecule has 1 nitrogen and oxygen atoms in total. The van der Waals surface area contributed by atoms with Crippen LogP contribution in [0.4, 0.5) is 17.1 Å². The summed E-state index contributed by atoms with van der Waals surface area (Å²) >= 11 is 0. The van der Waals surface area contributed by atoms with Gasteiger partial charge < -0.3 is 4.90 Å². The molecule has 0 aliphatic heterocycles. The lowest BCUT2D eigenvalue weighted by molar-refractivity contribution is 0.420. The minimum Gasteiger partial charge on any atom is -0.310 e. The summed E-state index contributed by atoms with van der Waals surface area (Å²) in [5, 5.41) is 2.44. The van der Waals surface area contributed by atoms with Gasteiger partial charge in [-0.05, 0) is 151 Å². The summed E-state index contributed by atoms with van der Waals surface area (Å²) in [7, 11) is 0. The zero-order valence-corrected chi connectivity index (χ0v) is 36.8. The molecular weight excluding hydrogens is 771 g/mol. The molecule has 1 heteroatoms. The fraction of sp³-hybridized carbons (Fsp3) is 0.175. The molecule has 9 aromatic carbocycles. The summed E-state index contributed by atoms with van der Waals surface area (Å²) in [5.74, 6) is 2.93. The maximum absolute atomic E-state index is 2.52. The van der Waals surface area contributed by atoms with Gasteiger partial charge in [0.25, 0.3) is 0 Å². The largest absolute Gasteiger partial charge is 0.310 e. The molecule has 3 atom stereocenters. The fourth-order valence-electron chi connectivity index (χ4n) is 12.2. The Morgan fingerprint density at radius 3 is 1.70 bits per heavy atom. The molecule has 0 radical (unpaired) electrons. The molecule has 9 aromatic rings. The monoisotopic (exact) mass is 823 g/mol. The Morgan fingerprint density at radius 2 is 1.08 bits per heavy atom. The summed E-state index contributed by atoms with van der Waals surface area (Å²) in [5.41, 5.74) is 18.6.